The zero-order valence-electron chi connectivity index (χ0n) is 11.6. The molecule has 0 radical (unpaired) electrons. The number of ether oxygens (including phenoxy) is 1. The van der Waals surface area contributed by atoms with Crippen LogP contribution in [0.25, 0.3) is 11.4 Å². The van der Waals surface area contributed by atoms with Crippen molar-refractivity contribution in [1.29, 1.82) is 0 Å². The molecule has 106 valence electrons. The zero-order chi connectivity index (χ0) is 13.8. The second-order valence-electron chi connectivity index (χ2n) is 5.04. The highest BCUT2D eigenvalue weighted by molar-refractivity contribution is 5.56. The largest absolute Gasteiger partial charge is 0.494 e. The van der Waals surface area contributed by atoms with Crippen molar-refractivity contribution in [3.8, 4) is 17.1 Å². The van der Waals surface area contributed by atoms with Crippen LogP contribution in [0.2, 0.25) is 0 Å². The van der Waals surface area contributed by atoms with Crippen LogP contribution in [0.1, 0.15) is 19.2 Å². The highest BCUT2D eigenvalue weighted by atomic mass is 16.5. The Morgan fingerprint density at radius 2 is 2.40 bits per heavy atom. The van der Waals surface area contributed by atoms with Crippen LogP contribution in [0.5, 0.6) is 5.75 Å². The molecule has 1 saturated heterocycles. The minimum absolute atomic E-state index is 0.609. The summed E-state index contributed by atoms with van der Waals surface area (Å²) in [4.78, 5) is 4.48. The molecule has 1 aliphatic rings. The summed E-state index contributed by atoms with van der Waals surface area (Å²) in [5, 5.41) is 7.41. The summed E-state index contributed by atoms with van der Waals surface area (Å²) >= 11 is 0. The normalized spacial score (nSPS) is 18.4. The number of aromatic nitrogens is 2. The van der Waals surface area contributed by atoms with E-state index in [4.69, 9.17) is 9.26 Å². The van der Waals surface area contributed by atoms with E-state index in [2.05, 4.69) is 15.5 Å². The minimum atomic E-state index is 0.609. The van der Waals surface area contributed by atoms with E-state index in [1.54, 1.807) is 0 Å². The van der Waals surface area contributed by atoms with Crippen LogP contribution in [-0.4, -0.2) is 29.8 Å². The molecule has 1 fully saturated rings. The maximum atomic E-state index is 5.49. The first kappa shape index (κ1) is 13.1. The highest BCUT2D eigenvalue weighted by Crippen LogP contribution is 2.22. The van der Waals surface area contributed by atoms with E-state index in [1.165, 1.54) is 6.42 Å². The van der Waals surface area contributed by atoms with Crippen molar-refractivity contribution in [2.24, 2.45) is 5.92 Å². The Hall–Kier alpha value is -1.88. The topological polar surface area (TPSA) is 60.2 Å². The maximum absolute atomic E-state index is 5.49. The number of benzene rings is 1. The van der Waals surface area contributed by atoms with E-state index in [0.29, 0.717) is 18.3 Å². The fraction of sp³-hybridized carbons (Fsp3) is 0.467. The van der Waals surface area contributed by atoms with E-state index in [-0.39, 0.29) is 0 Å². The van der Waals surface area contributed by atoms with Gasteiger partial charge in [0, 0.05) is 12.0 Å². The molecule has 1 atom stereocenters. The molecule has 20 heavy (non-hydrogen) atoms. The van der Waals surface area contributed by atoms with Crippen molar-refractivity contribution in [1.82, 2.24) is 15.5 Å². The summed E-state index contributed by atoms with van der Waals surface area (Å²) in [5.41, 5.74) is 0.926. The summed E-state index contributed by atoms with van der Waals surface area (Å²) in [6.45, 7) is 4.74. The Kier molecular flexibility index (Phi) is 3.97. The molecular formula is C15H19N3O2. The molecule has 1 unspecified atom stereocenters. The Bertz CT molecular complexity index is 562. The number of nitrogens with zero attached hydrogens (tertiary/aromatic N) is 2. The zero-order valence-corrected chi connectivity index (χ0v) is 11.6. The Balaban J connectivity index is 1.73. The molecule has 5 nitrogen and oxygen atoms in total. The van der Waals surface area contributed by atoms with Crippen LogP contribution in [0.3, 0.4) is 0 Å². The lowest BCUT2D eigenvalue weighted by atomic mass is 10.1. The summed E-state index contributed by atoms with van der Waals surface area (Å²) in [6, 6.07) is 7.78. The molecule has 3 rings (SSSR count). The number of hydrogen-bond donors (Lipinski definition) is 1. The Labute approximate surface area is 118 Å². The lowest BCUT2D eigenvalue weighted by molar-refractivity contribution is 0.340. The van der Waals surface area contributed by atoms with E-state index in [0.717, 1.165) is 36.7 Å². The molecule has 2 heterocycles. The fourth-order valence-electron chi connectivity index (χ4n) is 2.48. The summed E-state index contributed by atoms with van der Waals surface area (Å²) in [6.07, 6.45) is 2.03. The van der Waals surface area contributed by atoms with Crippen LogP contribution >= 0.6 is 0 Å². The van der Waals surface area contributed by atoms with Gasteiger partial charge >= 0.3 is 0 Å². The van der Waals surface area contributed by atoms with Gasteiger partial charge in [0.1, 0.15) is 5.75 Å². The van der Waals surface area contributed by atoms with Gasteiger partial charge in [0.05, 0.1) is 6.61 Å². The number of hydrogen-bond acceptors (Lipinski definition) is 5. The van der Waals surface area contributed by atoms with Crippen LogP contribution < -0.4 is 10.1 Å². The molecule has 1 aliphatic heterocycles. The van der Waals surface area contributed by atoms with Crippen molar-refractivity contribution in [3.63, 3.8) is 0 Å². The van der Waals surface area contributed by atoms with Gasteiger partial charge in [0.15, 0.2) is 0 Å². The first-order chi connectivity index (χ1) is 9.85. The predicted octanol–water partition coefficient (Wildman–Crippen LogP) is 2.29. The molecule has 1 aromatic carbocycles. The fourth-order valence-corrected chi connectivity index (χ4v) is 2.48. The standard InChI is InChI=1S/C15H19N3O2/c1-2-19-13-5-3-4-12(9-13)15-17-14(20-18-15)8-11-6-7-16-10-11/h3-5,9,11,16H,2,6-8,10H2,1H3. The molecule has 1 N–H and O–H groups in total. The second kappa shape index (κ2) is 6.05. The molecule has 0 aliphatic carbocycles. The first-order valence-electron chi connectivity index (χ1n) is 7.11. The second-order valence-corrected chi connectivity index (χ2v) is 5.04. The smallest absolute Gasteiger partial charge is 0.227 e. The Morgan fingerprint density at radius 1 is 1.45 bits per heavy atom. The summed E-state index contributed by atoms with van der Waals surface area (Å²) in [7, 11) is 0. The SMILES string of the molecule is CCOc1cccc(-c2noc(CC3CCNC3)n2)c1. The van der Waals surface area contributed by atoms with Crippen LogP contribution in [0, 0.1) is 5.92 Å². The maximum Gasteiger partial charge on any atom is 0.227 e. The molecule has 0 spiro atoms. The average Bonchev–Trinajstić information content (AvgIpc) is 3.12. The number of rotatable bonds is 5. The van der Waals surface area contributed by atoms with Crippen molar-refractivity contribution < 1.29 is 9.26 Å². The molecule has 5 heteroatoms. The van der Waals surface area contributed by atoms with Gasteiger partial charge in [-0.3, -0.25) is 0 Å². The van der Waals surface area contributed by atoms with Gasteiger partial charge < -0.3 is 14.6 Å². The molecule has 0 saturated carbocycles. The Morgan fingerprint density at radius 3 is 3.20 bits per heavy atom. The van der Waals surface area contributed by atoms with Gasteiger partial charge in [-0.25, -0.2) is 0 Å². The van der Waals surface area contributed by atoms with Crippen LogP contribution in [0.4, 0.5) is 0 Å². The van der Waals surface area contributed by atoms with Crippen molar-refractivity contribution in [3.05, 3.63) is 30.2 Å². The third-order valence-electron chi connectivity index (χ3n) is 3.50. The summed E-state index contributed by atoms with van der Waals surface area (Å²) in [5.74, 6) is 2.79. The lowest BCUT2D eigenvalue weighted by Crippen LogP contribution is -2.10. The highest BCUT2D eigenvalue weighted by Gasteiger charge is 2.18. The van der Waals surface area contributed by atoms with Gasteiger partial charge in [-0.15, -0.1) is 0 Å². The summed E-state index contributed by atoms with van der Waals surface area (Å²) < 4.78 is 10.8. The third kappa shape index (κ3) is 2.99. The van der Waals surface area contributed by atoms with E-state index in [9.17, 15) is 0 Å². The van der Waals surface area contributed by atoms with Gasteiger partial charge in [-0.1, -0.05) is 17.3 Å². The van der Waals surface area contributed by atoms with Crippen molar-refractivity contribution >= 4 is 0 Å². The lowest BCUT2D eigenvalue weighted by Gasteiger charge is -2.03. The molecule has 2 aromatic rings. The van der Waals surface area contributed by atoms with Gasteiger partial charge in [-0.2, -0.15) is 4.98 Å². The van der Waals surface area contributed by atoms with Crippen LogP contribution in [0.15, 0.2) is 28.8 Å². The van der Waals surface area contributed by atoms with Gasteiger partial charge in [0.2, 0.25) is 11.7 Å². The van der Waals surface area contributed by atoms with E-state index < -0.39 is 0 Å². The van der Waals surface area contributed by atoms with Crippen LogP contribution in [-0.2, 0) is 6.42 Å². The minimum Gasteiger partial charge on any atom is -0.494 e. The van der Waals surface area contributed by atoms with E-state index >= 15 is 0 Å². The first-order valence-corrected chi connectivity index (χ1v) is 7.11. The quantitative estimate of drug-likeness (QED) is 0.905. The third-order valence-corrected chi connectivity index (χ3v) is 3.50. The monoisotopic (exact) mass is 273 g/mol. The van der Waals surface area contributed by atoms with Gasteiger partial charge in [0.25, 0.3) is 0 Å². The van der Waals surface area contributed by atoms with Gasteiger partial charge in [-0.05, 0) is 44.5 Å². The van der Waals surface area contributed by atoms with Crippen molar-refractivity contribution in [2.75, 3.05) is 19.7 Å². The average molecular weight is 273 g/mol. The molecule has 1 aromatic heterocycles. The van der Waals surface area contributed by atoms with Crippen molar-refractivity contribution in [2.45, 2.75) is 19.8 Å². The predicted molar refractivity (Wildman–Crippen MR) is 75.6 cm³/mol. The molecule has 0 amide bonds. The van der Waals surface area contributed by atoms with E-state index in [1.807, 2.05) is 31.2 Å². The number of nitrogens with one attached hydrogen (secondary N) is 1. The molecular weight excluding hydrogens is 254 g/mol. The molecule has 0 bridgehead atoms.